The number of phenols is 1. The van der Waals surface area contributed by atoms with Crippen LogP contribution in [-0.4, -0.2) is 29.6 Å². The zero-order valence-electron chi connectivity index (χ0n) is 13.2. The third kappa shape index (κ3) is 3.03. The van der Waals surface area contributed by atoms with Crippen LogP contribution in [0.25, 0.3) is 0 Å². The Kier molecular flexibility index (Phi) is 4.37. The molecule has 2 amide bonds. The van der Waals surface area contributed by atoms with Crippen molar-refractivity contribution in [3.8, 4) is 11.5 Å². The van der Waals surface area contributed by atoms with Gasteiger partial charge in [-0.15, -0.1) is 0 Å². The van der Waals surface area contributed by atoms with Crippen molar-refractivity contribution in [2.45, 2.75) is 19.4 Å². The van der Waals surface area contributed by atoms with Crippen LogP contribution >= 0.6 is 0 Å². The third-order valence-corrected chi connectivity index (χ3v) is 3.79. The van der Waals surface area contributed by atoms with Gasteiger partial charge in [-0.2, -0.15) is 0 Å². The first kappa shape index (κ1) is 15.9. The Morgan fingerprint density at radius 3 is 2.54 bits per heavy atom. The second-order valence-electron chi connectivity index (χ2n) is 5.41. The van der Waals surface area contributed by atoms with Crippen LogP contribution in [0, 0.1) is 0 Å². The maximum Gasteiger partial charge on any atom is 0.256 e. The summed E-state index contributed by atoms with van der Waals surface area (Å²) in [6.07, 6.45) is 0.0420. The van der Waals surface area contributed by atoms with Crippen molar-refractivity contribution in [1.29, 1.82) is 0 Å². The van der Waals surface area contributed by atoms with Crippen molar-refractivity contribution in [2.75, 3.05) is 16.8 Å². The van der Waals surface area contributed by atoms with E-state index >= 15 is 0 Å². The summed E-state index contributed by atoms with van der Waals surface area (Å²) in [6.45, 7) is 2.43. The van der Waals surface area contributed by atoms with Gasteiger partial charge in [0.2, 0.25) is 5.91 Å². The van der Waals surface area contributed by atoms with Crippen molar-refractivity contribution >= 4 is 23.2 Å². The molecule has 0 aromatic heterocycles. The molecule has 1 unspecified atom stereocenters. The summed E-state index contributed by atoms with van der Waals surface area (Å²) in [5.41, 5.74) is 0.937. The summed E-state index contributed by atoms with van der Waals surface area (Å²) in [4.78, 5) is 26.0. The Labute approximate surface area is 139 Å². The lowest BCUT2D eigenvalue weighted by molar-refractivity contribution is -0.121. The number of para-hydroxylation sites is 2. The predicted molar refractivity (Wildman–Crippen MR) is 90.2 cm³/mol. The van der Waals surface area contributed by atoms with E-state index in [1.807, 2.05) is 6.92 Å². The highest BCUT2D eigenvalue weighted by atomic mass is 16.5. The van der Waals surface area contributed by atoms with Gasteiger partial charge in [-0.1, -0.05) is 12.1 Å². The smallest absolute Gasteiger partial charge is 0.256 e. The number of hydrogen-bond donors (Lipinski definition) is 2. The number of benzene rings is 2. The minimum Gasteiger partial charge on any atom is -0.506 e. The molecular formula is C18H18N2O4. The first-order valence-electron chi connectivity index (χ1n) is 7.74. The van der Waals surface area contributed by atoms with E-state index < -0.39 is 6.04 Å². The van der Waals surface area contributed by atoms with Gasteiger partial charge in [0.25, 0.3) is 5.91 Å². The molecule has 0 bridgehead atoms. The van der Waals surface area contributed by atoms with Crippen LogP contribution in [0.1, 0.15) is 13.3 Å². The molecular weight excluding hydrogens is 308 g/mol. The molecule has 3 rings (SSSR count). The fourth-order valence-corrected chi connectivity index (χ4v) is 2.66. The molecule has 1 saturated heterocycles. The molecule has 2 N–H and O–H groups in total. The highest BCUT2D eigenvalue weighted by Gasteiger charge is 2.39. The minimum atomic E-state index is -0.697. The number of nitrogens with one attached hydrogen (secondary N) is 1. The first-order valence-corrected chi connectivity index (χ1v) is 7.74. The molecule has 6 nitrogen and oxygen atoms in total. The third-order valence-electron chi connectivity index (χ3n) is 3.79. The second-order valence-corrected chi connectivity index (χ2v) is 5.41. The average Bonchev–Trinajstić information content (AvgIpc) is 2.85. The summed E-state index contributed by atoms with van der Waals surface area (Å²) < 4.78 is 5.36. The number of nitrogens with zero attached hydrogens (tertiary/aromatic N) is 1. The number of ether oxygens (including phenoxy) is 1. The number of carbonyl (C=O) groups is 2. The zero-order valence-corrected chi connectivity index (χ0v) is 13.2. The zero-order chi connectivity index (χ0) is 17.1. The number of carbonyl (C=O) groups excluding carboxylic acids is 2. The summed E-state index contributed by atoms with van der Waals surface area (Å²) in [5.74, 6) is 0.103. The monoisotopic (exact) mass is 326 g/mol. The van der Waals surface area contributed by atoms with Gasteiger partial charge in [0.15, 0.2) is 0 Å². The molecule has 0 radical (unpaired) electrons. The molecule has 24 heavy (non-hydrogen) atoms. The summed E-state index contributed by atoms with van der Waals surface area (Å²) >= 11 is 0. The van der Waals surface area contributed by atoms with Crippen molar-refractivity contribution in [3.05, 3.63) is 48.5 Å². The van der Waals surface area contributed by atoms with E-state index in [0.29, 0.717) is 23.7 Å². The quantitative estimate of drug-likeness (QED) is 0.652. The van der Waals surface area contributed by atoms with Crippen LogP contribution in [0.2, 0.25) is 0 Å². The minimum absolute atomic E-state index is 0.0391. The number of amides is 2. The van der Waals surface area contributed by atoms with Gasteiger partial charge in [-0.3, -0.25) is 9.59 Å². The van der Waals surface area contributed by atoms with Gasteiger partial charge in [-0.25, -0.2) is 4.90 Å². The van der Waals surface area contributed by atoms with Gasteiger partial charge in [0, 0.05) is 0 Å². The maximum atomic E-state index is 12.6. The van der Waals surface area contributed by atoms with Gasteiger partial charge < -0.3 is 15.2 Å². The van der Waals surface area contributed by atoms with E-state index in [4.69, 9.17) is 4.74 Å². The average molecular weight is 326 g/mol. The standard InChI is InChI=1S/C18H18N2O4/c1-2-24-13-9-7-12(8-10-13)20-17(22)11-15(18(20)23)19-14-5-3-4-6-16(14)21/h3-10,15,19,21H,2,11H2,1H3. The molecule has 0 spiro atoms. The summed E-state index contributed by atoms with van der Waals surface area (Å²) in [7, 11) is 0. The van der Waals surface area contributed by atoms with E-state index in [1.54, 1.807) is 42.5 Å². The molecule has 2 aromatic rings. The van der Waals surface area contributed by atoms with Crippen LogP contribution in [0.4, 0.5) is 11.4 Å². The summed E-state index contributed by atoms with van der Waals surface area (Å²) in [6, 6.07) is 12.7. The highest BCUT2D eigenvalue weighted by molar-refractivity contribution is 6.23. The molecule has 1 heterocycles. The van der Waals surface area contributed by atoms with Crippen LogP contribution in [0.15, 0.2) is 48.5 Å². The second kappa shape index (κ2) is 6.62. The largest absolute Gasteiger partial charge is 0.506 e. The fourth-order valence-electron chi connectivity index (χ4n) is 2.66. The van der Waals surface area contributed by atoms with E-state index in [9.17, 15) is 14.7 Å². The lowest BCUT2D eigenvalue weighted by Crippen LogP contribution is -2.34. The van der Waals surface area contributed by atoms with Crippen molar-refractivity contribution < 1.29 is 19.4 Å². The van der Waals surface area contributed by atoms with Crippen LogP contribution in [0.3, 0.4) is 0 Å². The lowest BCUT2D eigenvalue weighted by atomic mass is 10.2. The Bertz CT molecular complexity index is 758. The van der Waals surface area contributed by atoms with Crippen LogP contribution in [-0.2, 0) is 9.59 Å². The molecule has 6 heteroatoms. The number of phenolic OH excluding ortho intramolecular Hbond substituents is 1. The molecule has 1 atom stereocenters. The normalized spacial score (nSPS) is 17.2. The van der Waals surface area contributed by atoms with E-state index in [-0.39, 0.29) is 24.0 Å². The van der Waals surface area contributed by atoms with Gasteiger partial charge in [-0.05, 0) is 43.3 Å². The summed E-state index contributed by atoms with van der Waals surface area (Å²) in [5, 5.41) is 12.7. The Hall–Kier alpha value is -3.02. The topological polar surface area (TPSA) is 78.9 Å². The molecule has 0 saturated carbocycles. The van der Waals surface area contributed by atoms with Crippen molar-refractivity contribution in [1.82, 2.24) is 0 Å². The molecule has 2 aromatic carbocycles. The number of hydrogen-bond acceptors (Lipinski definition) is 5. The highest BCUT2D eigenvalue weighted by Crippen LogP contribution is 2.29. The Balaban J connectivity index is 1.77. The lowest BCUT2D eigenvalue weighted by Gasteiger charge is -2.17. The molecule has 1 fully saturated rings. The predicted octanol–water partition coefficient (Wildman–Crippen LogP) is 2.53. The van der Waals surface area contributed by atoms with E-state index in [0.717, 1.165) is 4.90 Å². The van der Waals surface area contributed by atoms with Crippen molar-refractivity contribution in [2.24, 2.45) is 0 Å². The van der Waals surface area contributed by atoms with Crippen molar-refractivity contribution in [3.63, 3.8) is 0 Å². The Morgan fingerprint density at radius 1 is 1.17 bits per heavy atom. The number of rotatable bonds is 5. The molecule has 124 valence electrons. The van der Waals surface area contributed by atoms with E-state index in [1.165, 1.54) is 6.07 Å². The van der Waals surface area contributed by atoms with E-state index in [2.05, 4.69) is 5.32 Å². The van der Waals surface area contributed by atoms with Gasteiger partial charge >= 0.3 is 0 Å². The number of aromatic hydroxyl groups is 1. The van der Waals surface area contributed by atoms with Gasteiger partial charge in [0.05, 0.1) is 24.4 Å². The maximum absolute atomic E-state index is 12.6. The number of anilines is 2. The molecule has 1 aliphatic rings. The molecule has 1 aliphatic heterocycles. The van der Waals surface area contributed by atoms with Gasteiger partial charge in [0.1, 0.15) is 17.5 Å². The first-order chi connectivity index (χ1) is 11.6. The van der Waals surface area contributed by atoms with Crippen LogP contribution in [0.5, 0.6) is 11.5 Å². The molecule has 0 aliphatic carbocycles. The van der Waals surface area contributed by atoms with Crippen LogP contribution < -0.4 is 15.0 Å². The Morgan fingerprint density at radius 2 is 1.88 bits per heavy atom. The fraction of sp³-hybridized carbons (Fsp3) is 0.222. The number of imide groups is 1. The SMILES string of the molecule is CCOc1ccc(N2C(=O)CC(Nc3ccccc3O)C2=O)cc1.